The van der Waals surface area contributed by atoms with Crippen LogP contribution in [-0.4, -0.2) is 32.3 Å². The second kappa shape index (κ2) is 5.16. The molecule has 0 bridgehead atoms. The second-order valence-corrected chi connectivity index (χ2v) is 4.03. The SMILES string of the molecule is COc1cc(-c2noc(-c3cc(F)ccc3O)n2)ncn1. The van der Waals surface area contributed by atoms with Gasteiger partial charge in [0.2, 0.25) is 11.7 Å². The maximum absolute atomic E-state index is 13.2. The van der Waals surface area contributed by atoms with E-state index in [1.807, 2.05) is 0 Å². The highest BCUT2D eigenvalue weighted by atomic mass is 19.1. The summed E-state index contributed by atoms with van der Waals surface area (Å²) < 4.78 is 23.2. The van der Waals surface area contributed by atoms with Crippen molar-refractivity contribution in [3.63, 3.8) is 0 Å². The Morgan fingerprint density at radius 2 is 2.10 bits per heavy atom. The van der Waals surface area contributed by atoms with Gasteiger partial charge in [-0.15, -0.1) is 0 Å². The van der Waals surface area contributed by atoms with E-state index in [4.69, 9.17) is 9.26 Å². The van der Waals surface area contributed by atoms with Crippen molar-refractivity contribution in [2.45, 2.75) is 0 Å². The van der Waals surface area contributed by atoms with Gasteiger partial charge in [0.1, 0.15) is 23.6 Å². The number of rotatable bonds is 3. The highest BCUT2D eigenvalue weighted by molar-refractivity contribution is 5.64. The number of aromatic nitrogens is 4. The number of phenolic OH excluding ortho intramolecular Hbond substituents is 1. The van der Waals surface area contributed by atoms with E-state index in [2.05, 4.69) is 20.1 Å². The molecule has 0 fully saturated rings. The molecule has 0 radical (unpaired) electrons. The lowest BCUT2D eigenvalue weighted by atomic mass is 10.2. The molecule has 3 aromatic rings. The number of halogens is 1. The van der Waals surface area contributed by atoms with E-state index in [1.54, 1.807) is 0 Å². The smallest absolute Gasteiger partial charge is 0.262 e. The summed E-state index contributed by atoms with van der Waals surface area (Å²) in [5.74, 6) is -0.174. The largest absolute Gasteiger partial charge is 0.507 e. The maximum Gasteiger partial charge on any atom is 0.262 e. The van der Waals surface area contributed by atoms with E-state index in [0.717, 1.165) is 12.1 Å². The lowest BCUT2D eigenvalue weighted by Gasteiger charge is -1.99. The van der Waals surface area contributed by atoms with E-state index in [9.17, 15) is 9.50 Å². The van der Waals surface area contributed by atoms with Gasteiger partial charge in [0.15, 0.2) is 0 Å². The number of aromatic hydroxyl groups is 1. The van der Waals surface area contributed by atoms with Gasteiger partial charge >= 0.3 is 0 Å². The average molecular weight is 288 g/mol. The number of hydrogen-bond acceptors (Lipinski definition) is 7. The third-order valence-electron chi connectivity index (χ3n) is 2.70. The molecule has 106 valence electrons. The van der Waals surface area contributed by atoms with Gasteiger partial charge in [-0.05, 0) is 18.2 Å². The van der Waals surface area contributed by atoms with Crippen molar-refractivity contribution >= 4 is 0 Å². The average Bonchev–Trinajstić information content (AvgIpc) is 2.99. The molecule has 0 amide bonds. The Balaban J connectivity index is 2.01. The highest BCUT2D eigenvalue weighted by Crippen LogP contribution is 2.29. The van der Waals surface area contributed by atoms with Crippen LogP contribution in [0.2, 0.25) is 0 Å². The third kappa shape index (κ3) is 2.50. The second-order valence-electron chi connectivity index (χ2n) is 4.03. The Bertz CT molecular complexity index is 791. The van der Waals surface area contributed by atoms with Gasteiger partial charge in [-0.2, -0.15) is 4.98 Å². The predicted octanol–water partition coefficient (Wildman–Crippen LogP) is 2.05. The van der Waals surface area contributed by atoms with Crippen molar-refractivity contribution in [2.24, 2.45) is 0 Å². The quantitative estimate of drug-likeness (QED) is 0.788. The molecule has 8 heteroatoms. The summed E-state index contributed by atoms with van der Waals surface area (Å²) in [5.41, 5.74) is 0.488. The zero-order valence-electron chi connectivity index (χ0n) is 10.8. The number of phenols is 1. The van der Waals surface area contributed by atoms with Crippen LogP contribution in [0.15, 0.2) is 35.1 Å². The molecular weight excluding hydrogens is 279 g/mol. The van der Waals surface area contributed by atoms with Crippen LogP contribution < -0.4 is 4.74 Å². The van der Waals surface area contributed by atoms with Crippen molar-refractivity contribution in [2.75, 3.05) is 7.11 Å². The summed E-state index contributed by atoms with van der Waals surface area (Å²) in [7, 11) is 1.47. The molecule has 7 nitrogen and oxygen atoms in total. The van der Waals surface area contributed by atoms with Crippen LogP contribution in [0.3, 0.4) is 0 Å². The van der Waals surface area contributed by atoms with Gasteiger partial charge in [-0.1, -0.05) is 5.16 Å². The van der Waals surface area contributed by atoms with Crippen molar-refractivity contribution in [1.29, 1.82) is 0 Å². The van der Waals surface area contributed by atoms with Gasteiger partial charge in [0.25, 0.3) is 5.89 Å². The predicted molar refractivity (Wildman–Crippen MR) is 68.9 cm³/mol. The minimum Gasteiger partial charge on any atom is -0.507 e. The molecule has 0 spiro atoms. The molecule has 21 heavy (non-hydrogen) atoms. The van der Waals surface area contributed by atoms with Crippen LogP contribution in [0.4, 0.5) is 4.39 Å². The third-order valence-corrected chi connectivity index (χ3v) is 2.70. The van der Waals surface area contributed by atoms with Crippen molar-refractivity contribution in [3.8, 4) is 34.6 Å². The Morgan fingerprint density at radius 3 is 2.90 bits per heavy atom. The molecule has 0 aliphatic heterocycles. The van der Waals surface area contributed by atoms with Gasteiger partial charge in [0.05, 0.1) is 12.7 Å². The topological polar surface area (TPSA) is 94.2 Å². The van der Waals surface area contributed by atoms with Gasteiger partial charge in [-0.3, -0.25) is 0 Å². The molecule has 2 heterocycles. The molecule has 3 rings (SSSR count). The minimum absolute atomic E-state index is 0.0143. The number of methoxy groups -OCH3 is 1. The Morgan fingerprint density at radius 1 is 1.24 bits per heavy atom. The number of nitrogens with zero attached hydrogens (tertiary/aromatic N) is 4. The fourth-order valence-electron chi connectivity index (χ4n) is 1.69. The van der Waals surface area contributed by atoms with Crippen LogP contribution >= 0.6 is 0 Å². The molecule has 0 atom stereocenters. The first-order valence-corrected chi connectivity index (χ1v) is 5.86. The van der Waals surface area contributed by atoms with Crippen LogP contribution in [-0.2, 0) is 0 Å². The highest BCUT2D eigenvalue weighted by Gasteiger charge is 2.16. The number of benzene rings is 1. The summed E-state index contributed by atoms with van der Waals surface area (Å²) in [5, 5.41) is 13.5. The van der Waals surface area contributed by atoms with Crippen molar-refractivity contribution in [3.05, 3.63) is 36.4 Å². The summed E-state index contributed by atoms with van der Waals surface area (Å²) in [4.78, 5) is 11.9. The molecule has 0 saturated heterocycles. The fourth-order valence-corrected chi connectivity index (χ4v) is 1.69. The van der Waals surface area contributed by atoms with Crippen LogP contribution in [0.5, 0.6) is 11.6 Å². The molecule has 0 saturated carbocycles. The van der Waals surface area contributed by atoms with E-state index in [1.165, 1.54) is 25.6 Å². The molecule has 2 aromatic heterocycles. The standard InChI is InChI=1S/C13H9FN4O3/c1-20-11-5-9(15-6-16-11)12-17-13(21-18-12)8-4-7(14)2-3-10(8)19/h2-6,19H,1H3. The number of hydrogen-bond donors (Lipinski definition) is 1. The molecule has 1 N–H and O–H groups in total. The minimum atomic E-state index is -0.522. The van der Waals surface area contributed by atoms with Crippen LogP contribution in [0.1, 0.15) is 0 Å². The normalized spacial score (nSPS) is 10.6. The molecule has 0 aliphatic rings. The van der Waals surface area contributed by atoms with E-state index < -0.39 is 5.82 Å². The molecule has 0 aliphatic carbocycles. The van der Waals surface area contributed by atoms with Gasteiger partial charge in [-0.25, -0.2) is 14.4 Å². The molecule has 0 unspecified atom stereocenters. The summed E-state index contributed by atoms with van der Waals surface area (Å²) in [6.07, 6.45) is 1.30. The first-order valence-electron chi connectivity index (χ1n) is 5.86. The van der Waals surface area contributed by atoms with E-state index in [0.29, 0.717) is 11.6 Å². The summed E-state index contributed by atoms with van der Waals surface area (Å²) in [6.45, 7) is 0. The molecule has 1 aromatic carbocycles. The van der Waals surface area contributed by atoms with Gasteiger partial charge < -0.3 is 14.4 Å². The van der Waals surface area contributed by atoms with E-state index in [-0.39, 0.29) is 23.0 Å². The Kier molecular flexibility index (Phi) is 3.19. The van der Waals surface area contributed by atoms with Crippen LogP contribution in [0.25, 0.3) is 23.0 Å². The summed E-state index contributed by atoms with van der Waals surface area (Å²) in [6, 6.07) is 4.97. The first kappa shape index (κ1) is 13.0. The zero-order valence-corrected chi connectivity index (χ0v) is 10.8. The monoisotopic (exact) mass is 288 g/mol. The van der Waals surface area contributed by atoms with Gasteiger partial charge in [0, 0.05) is 6.07 Å². The van der Waals surface area contributed by atoms with Crippen molar-refractivity contribution in [1.82, 2.24) is 20.1 Å². The van der Waals surface area contributed by atoms with Crippen LogP contribution in [0, 0.1) is 5.82 Å². The lowest BCUT2D eigenvalue weighted by Crippen LogP contribution is -1.92. The maximum atomic E-state index is 13.2. The number of ether oxygens (including phenoxy) is 1. The van der Waals surface area contributed by atoms with Crippen molar-refractivity contribution < 1.29 is 18.8 Å². The fraction of sp³-hybridized carbons (Fsp3) is 0.0769. The van der Waals surface area contributed by atoms with E-state index >= 15 is 0 Å². The Labute approximate surface area is 118 Å². The Hall–Kier alpha value is -3.03. The zero-order chi connectivity index (χ0) is 14.8. The molecular formula is C13H9FN4O3. The first-order chi connectivity index (χ1) is 10.2. The summed E-state index contributed by atoms with van der Waals surface area (Å²) >= 11 is 0. The lowest BCUT2D eigenvalue weighted by molar-refractivity contribution is 0.397.